The van der Waals surface area contributed by atoms with Crippen molar-refractivity contribution in [2.24, 2.45) is 0 Å². The van der Waals surface area contributed by atoms with Gasteiger partial charge in [0, 0.05) is 43.2 Å². The number of thiazole rings is 1. The van der Waals surface area contributed by atoms with Gasteiger partial charge >= 0.3 is 0 Å². The minimum Gasteiger partial charge on any atom is -0.456 e. The van der Waals surface area contributed by atoms with Crippen LogP contribution < -0.4 is 4.90 Å². The van der Waals surface area contributed by atoms with E-state index >= 15 is 0 Å². The van der Waals surface area contributed by atoms with Gasteiger partial charge in [-0.2, -0.15) is 0 Å². The molecular formula is C43H26N2OS2. The standard InChI is InChI=1S/C43H26N2OS2/c1-3-10-27(11-4-1)28-18-20-30(21-19-28)45(36-16-9-15-33-32-14-7-8-17-39(32)47-41(33)36)31-22-24-37-34(26-31)40-38(46-37)25-23-35-42(40)48-43(44-35)29-12-5-2-6-13-29/h1-26H. The molecule has 0 aliphatic rings. The first-order chi connectivity index (χ1) is 23.8. The molecule has 3 aromatic heterocycles. The number of benzene rings is 7. The molecule has 0 amide bonds. The van der Waals surface area contributed by atoms with Crippen LogP contribution in [0.3, 0.4) is 0 Å². The molecule has 10 aromatic rings. The van der Waals surface area contributed by atoms with Gasteiger partial charge in [0.15, 0.2) is 0 Å². The van der Waals surface area contributed by atoms with E-state index in [-0.39, 0.29) is 0 Å². The summed E-state index contributed by atoms with van der Waals surface area (Å²) in [5.74, 6) is 0. The highest BCUT2D eigenvalue weighted by Crippen LogP contribution is 2.47. The van der Waals surface area contributed by atoms with Crippen molar-refractivity contribution in [1.29, 1.82) is 0 Å². The van der Waals surface area contributed by atoms with Crippen molar-refractivity contribution in [2.45, 2.75) is 0 Å². The first-order valence-corrected chi connectivity index (χ1v) is 17.6. The number of hydrogen-bond donors (Lipinski definition) is 0. The smallest absolute Gasteiger partial charge is 0.137 e. The van der Waals surface area contributed by atoms with Gasteiger partial charge in [0.05, 0.1) is 20.6 Å². The van der Waals surface area contributed by atoms with Crippen molar-refractivity contribution in [3.63, 3.8) is 0 Å². The Morgan fingerprint density at radius 1 is 0.479 bits per heavy atom. The van der Waals surface area contributed by atoms with E-state index in [4.69, 9.17) is 9.40 Å². The highest BCUT2D eigenvalue weighted by molar-refractivity contribution is 7.26. The van der Waals surface area contributed by atoms with Gasteiger partial charge in [-0.15, -0.1) is 22.7 Å². The van der Waals surface area contributed by atoms with Gasteiger partial charge in [-0.1, -0.05) is 103 Å². The van der Waals surface area contributed by atoms with Gasteiger partial charge in [0.2, 0.25) is 0 Å². The van der Waals surface area contributed by atoms with Crippen molar-refractivity contribution >= 4 is 92.1 Å². The summed E-state index contributed by atoms with van der Waals surface area (Å²) in [6, 6.07) is 56.0. The highest BCUT2D eigenvalue weighted by atomic mass is 32.1. The number of furan rings is 1. The minimum absolute atomic E-state index is 0.871. The zero-order valence-electron chi connectivity index (χ0n) is 25.6. The number of hydrogen-bond acceptors (Lipinski definition) is 5. The Bertz CT molecular complexity index is 2780. The van der Waals surface area contributed by atoms with Crippen LogP contribution in [-0.4, -0.2) is 4.98 Å². The number of rotatable bonds is 5. The predicted octanol–water partition coefficient (Wildman–Crippen LogP) is 13.4. The van der Waals surface area contributed by atoms with Gasteiger partial charge in [0.1, 0.15) is 16.2 Å². The Morgan fingerprint density at radius 2 is 1.17 bits per heavy atom. The van der Waals surface area contributed by atoms with E-state index in [0.717, 1.165) is 59.8 Å². The Labute approximate surface area is 284 Å². The van der Waals surface area contributed by atoms with Crippen molar-refractivity contribution in [2.75, 3.05) is 4.90 Å². The topological polar surface area (TPSA) is 29.3 Å². The predicted molar refractivity (Wildman–Crippen MR) is 205 cm³/mol. The highest BCUT2D eigenvalue weighted by Gasteiger charge is 2.21. The summed E-state index contributed by atoms with van der Waals surface area (Å²) in [6.07, 6.45) is 0. The first-order valence-electron chi connectivity index (χ1n) is 16.0. The lowest BCUT2D eigenvalue weighted by Gasteiger charge is -2.26. The molecule has 0 aliphatic heterocycles. The maximum atomic E-state index is 6.46. The molecule has 5 heteroatoms. The maximum absolute atomic E-state index is 6.46. The summed E-state index contributed by atoms with van der Waals surface area (Å²) >= 11 is 3.58. The second-order valence-corrected chi connectivity index (χ2v) is 14.0. The summed E-state index contributed by atoms with van der Waals surface area (Å²) in [7, 11) is 0. The second kappa shape index (κ2) is 10.9. The van der Waals surface area contributed by atoms with Gasteiger partial charge in [0.25, 0.3) is 0 Å². The molecule has 0 bridgehead atoms. The number of anilines is 3. The minimum atomic E-state index is 0.871. The third-order valence-corrected chi connectivity index (χ3v) is 11.5. The number of fused-ring (bicyclic) bond motifs is 8. The van der Waals surface area contributed by atoms with Crippen LogP contribution in [0.4, 0.5) is 17.1 Å². The molecule has 0 aliphatic carbocycles. The fraction of sp³-hybridized carbons (Fsp3) is 0. The van der Waals surface area contributed by atoms with E-state index in [1.807, 2.05) is 17.4 Å². The maximum Gasteiger partial charge on any atom is 0.137 e. The molecule has 0 radical (unpaired) electrons. The third kappa shape index (κ3) is 4.36. The van der Waals surface area contributed by atoms with Crippen LogP contribution in [0, 0.1) is 0 Å². The van der Waals surface area contributed by atoms with Gasteiger partial charge < -0.3 is 9.32 Å². The normalized spacial score (nSPS) is 11.8. The van der Waals surface area contributed by atoms with Crippen LogP contribution in [0.1, 0.15) is 0 Å². The van der Waals surface area contributed by atoms with Crippen molar-refractivity contribution < 1.29 is 4.42 Å². The molecule has 0 saturated heterocycles. The Kier molecular flexibility index (Phi) is 6.22. The van der Waals surface area contributed by atoms with E-state index in [0.29, 0.717) is 0 Å². The van der Waals surface area contributed by atoms with Gasteiger partial charge in [-0.05, 0) is 65.7 Å². The van der Waals surface area contributed by atoms with E-state index < -0.39 is 0 Å². The Morgan fingerprint density at radius 3 is 2.00 bits per heavy atom. The van der Waals surface area contributed by atoms with Crippen molar-refractivity contribution in [3.05, 3.63) is 158 Å². The Balaban J connectivity index is 1.20. The SMILES string of the molecule is c1ccc(-c2ccc(N(c3ccc4oc5ccc6nc(-c7ccccc7)sc6c5c4c3)c3cccc4c3sc3ccccc34)cc2)cc1. The van der Waals surface area contributed by atoms with Crippen molar-refractivity contribution in [1.82, 2.24) is 4.98 Å². The zero-order valence-corrected chi connectivity index (χ0v) is 27.3. The molecule has 3 heterocycles. The van der Waals surface area contributed by atoms with Crippen LogP contribution in [0.5, 0.6) is 0 Å². The molecule has 226 valence electrons. The lowest BCUT2D eigenvalue weighted by atomic mass is 10.0. The zero-order chi connectivity index (χ0) is 31.6. The summed E-state index contributed by atoms with van der Waals surface area (Å²) in [5, 5.41) is 5.78. The largest absolute Gasteiger partial charge is 0.456 e. The number of nitrogens with zero attached hydrogens (tertiary/aromatic N) is 2. The fourth-order valence-electron chi connectivity index (χ4n) is 6.85. The second-order valence-electron chi connectivity index (χ2n) is 12.0. The summed E-state index contributed by atoms with van der Waals surface area (Å²) in [6.45, 7) is 0. The van der Waals surface area contributed by atoms with Crippen LogP contribution >= 0.6 is 22.7 Å². The molecule has 0 unspecified atom stereocenters. The monoisotopic (exact) mass is 650 g/mol. The molecule has 0 atom stereocenters. The van der Waals surface area contributed by atoms with Crippen LogP contribution in [0.25, 0.3) is 74.0 Å². The molecule has 0 saturated carbocycles. The fourth-order valence-corrected chi connectivity index (χ4v) is 9.18. The van der Waals surface area contributed by atoms with Gasteiger partial charge in [-0.25, -0.2) is 4.98 Å². The van der Waals surface area contributed by atoms with E-state index in [1.54, 1.807) is 11.3 Å². The quantitative estimate of drug-likeness (QED) is 0.186. The summed E-state index contributed by atoms with van der Waals surface area (Å²) in [4.78, 5) is 7.42. The number of aromatic nitrogens is 1. The lowest BCUT2D eigenvalue weighted by Crippen LogP contribution is -2.10. The molecule has 0 fully saturated rings. The molecule has 0 N–H and O–H groups in total. The molecule has 0 spiro atoms. The van der Waals surface area contributed by atoms with E-state index in [9.17, 15) is 0 Å². The van der Waals surface area contributed by atoms with E-state index in [2.05, 4.69) is 157 Å². The summed E-state index contributed by atoms with van der Waals surface area (Å²) in [5.41, 5.74) is 9.59. The average molecular weight is 651 g/mol. The van der Waals surface area contributed by atoms with Crippen LogP contribution in [0.2, 0.25) is 0 Å². The summed E-state index contributed by atoms with van der Waals surface area (Å²) < 4.78 is 10.2. The Hall–Kier alpha value is -5.75. The van der Waals surface area contributed by atoms with E-state index in [1.165, 1.54) is 31.3 Å². The van der Waals surface area contributed by atoms with Crippen LogP contribution in [-0.2, 0) is 0 Å². The number of thiophene rings is 1. The average Bonchev–Trinajstić information content (AvgIpc) is 3.86. The lowest BCUT2D eigenvalue weighted by molar-refractivity contribution is 0.669. The molecule has 3 nitrogen and oxygen atoms in total. The van der Waals surface area contributed by atoms with Crippen molar-refractivity contribution in [3.8, 4) is 21.7 Å². The molecule has 48 heavy (non-hydrogen) atoms. The molecular weight excluding hydrogens is 625 g/mol. The molecule has 7 aromatic carbocycles. The third-order valence-electron chi connectivity index (χ3n) is 9.11. The van der Waals surface area contributed by atoms with Gasteiger partial charge in [-0.3, -0.25) is 0 Å². The van der Waals surface area contributed by atoms with Crippen LogP contribution in [0.15, 0.2) is 162 Å². The molecule has 10 rings (SSSR count). The first kappa shape index (κ1) is 27.4.